The molecule has 0 bridgehead atoms. The van der Waals surface area contributed by atoms with Crippen LogP contribution in [0.4, 0.5) is 4.79 Å². The minimum atomic E-state index is -1.18. The van der Waals surface area contributed by atoms with E-state index < -0.39 is 23.2 Å². The minimum Gasteiger partial charge on any atom is -0.475 e. The lowest BCUT2D eigenvalue weighted by molar-refractivity contribution is 0.0447. The van der Waals surface area contributed by atoms with E-state index in [1.165, 1.54) is 6.07 Å². The number of amides is 1. The topological polar surface area (TPSA) is 102 Å². The van der Waals surface area contributed by atoms with Gasteiger partial charge in [-0.25, -0.2) is 9.59 Å². The molecule has 7 nitrogen and oxygen atoms in total. The second-order valence-corrected chi connectivity index (χ2v) is 6.30. The Kier molecular flexibility index (Phi) is 3.93. The van der Waals surface area contributed by atoms with Crippen LogP contribution in [-0.2, 0) is 10.3 Å². The molecule has 1 amide bonds. The first kappa shape index (κ1) is 15.3. The van der Waals surface area contributed by atoms with Crippen LogP contribution in [0.1, 0.15) is 62.7 Å². The maximum atomic E-state index is 12.0. The Hall–Kier alpha value is -2.05. The van der Waals surface area contributed by atoms with Crippen molar-refractivity contribution >= 4 is 12.1 Å². The number of aromatic nitrogens is 1. The van der Waals surface area contributed by atoms with Crippen molar-refractivity contribution in [3.63, 3.8) is 0 Å². The van der Waals surface area contributed by atoms with Gasteiger partial charge in [-0.15, -0.1) is 0 Å². The summed E-state index contributed by atoms with van der Waals surface area (Å²) in [6.07, 6.45) is 2.66. The number of rotatable bonds is 3. The second kappa shape index (κ2) is 5.38. The molecule has 1 heterocycles. The fourth-order valence-electron chi connectivity index (χ4n) is 2.52. The average Bonchev–Trinajstić information content (AvgIpc) is 2.93. The van der Waals surface area contributed by atoms with E-state index >= 15 is 0 Å². The van der Waals surface area contributed by atoms with Crippen molar-refractivity contribution in [3.05, 3.63) is 17.5 Å². The van der Waals surface area contributed by atoms with E-state index in [1.54, 1.807) is 20.8 Å². The molecule has 0 aliphatic heterocycles. The van der Waals surface area contributed by atoms with E-state index in [9.17, 15) is 9.59 Å². The van der Waals surface area contributed by atoms with Crippen LogP contribution in [0.5, 0.6) is 0 Å². The Labute approximate surface area is 122 Å². The minimum absolute atomic E-state index is 0.234. The van der Waals surface area contributed by atoms with Gasteiger partial charge in [0, 0.05) is 6.07 Å². The van der Waals surface area contributed by atoms with Gasteiger partial charge < -0.3 is 19.7 Å². The summed E-state index contributed by atoms with van der Waals surface area (Å²) in [4.78, 5) is 22.9. The maximum absolute atomic E-state index is 12.0. The van der Waals surface area contributed by atoms with Crippen LogP contribution < -0.4 is 5.32 Å². The van der Waals surface area contributed by atoms with Gasteiger partial charge in [-0.1, -0.05) is 18.0 Å². The van der Waals surface area contributed by atoms with Gasteiger partial charge in [0.2, 0.25) is 5.76 Å². The zero-order valence-electron chi connectivity index (χ0n) is 12.4. The number of carbonyl (C=O) groups excluding carboxylic acids is 1. The SMILES string of the molecule is CC(C)(C)OC(=O)NC1(c2cc(C(=O)O)on2)CCCC1. The number of aromatic carboxylic acids is 1. The zero-order chi connectivity index (χ0) is 15.7. The van der Waals surface area contributed by atoms with Crippen LogP contribution in [0.3, 0.4) is 0 Å². The van der Waals surface area contributed by atoms with Crippen LogP contribution in [0.25, 0.3) is 0 Å². The number of hydrogen-bond donors (Lipinski definition) is 2. The predicted molar refractivity (Wildman–Crippen MR) is 73.0 cm³/mol. The lowest BCUT2D eigenvalue weighted by Crippen LogP contribution is -2.46. The van der Waals surface area contributed by atoms with Crippen molar-refractivity contribution < 1.29 is 24.0 Å². The third kappa shape index (κ3) is 3.53. The van der Waals surface area contributed by atoms with Gasteiger partial charge in [-0.2, -0.15) is 0 Å². The smallest absolute Gasteiger partial charge is 0.408 e. The van der Waals surface area contributed by atoms with E-state index in [4.69, 9.17) is 14.4 Å². The van der Waals surface area contributed by atoms with Crippen molar-refractivity contribution in [1.82, 2.24) is 10.5 Å². The van der Waals surface area contributed by atoms with Crippen molar-refractivity contribution in [2.45, 2.75) is 57.6 Å². The van der Waals surface area contributed by atoms with Crippen molar-refractivity contribution in [3.8, 4) is 0 Å². The Morgan fingerprint density at radius 3 is 2.48 bits per heavy atom. The summed E-state index contributed by atoms with van der Waals surface area (Å²) < 4.78 is 10.1. The quantitative estimate of drug-likeness (QED) is 0.889. The number of hydrogen-bond acceptors (Lipinski definition) is 5. The lowest BCUT2D eigenvalue weighted by atomic mass is 9.93. The highest BCUT2D eigenvalue weighted by molar-refractivity contribution is 5.84. The number of alkyl carbamates (subject to hydrolysis) is 1. The van der Waals surface area contributed by atoms with Gasteiger partial charge >= 0.3 is 12.1 Å². The van der Waals surface area contributed by atoms with E-state index in [0.717, 1.165) is 12.8 Å². The number of carbonyl (C=O) groups is 2. The van der Waals surface area contributed by atoms with Crippen LogP contribution in [0.15, 0.2) is 10.6 Å². The summed E-state index contributed by atoms with van der Waals surface area (Å²) in [6.45, 7) is 5.35. The molecule has 1 fully saturated rings. The molecule has 0 aromatic carbocycles. The molecule has 116 valence electrons. The summed E-state index contributed by atoms with van der Waals surface area (Å²) in [5, 5.41) is 15.6. The molecule has 2 N–H and O–H groups in total. The lowest BCUT2D eigenvalue weighted by Gasteiger charge is -2.29. The average molecular weight is 296 g/mol. The molecule has 0 atom stereocenters. The molecule has 1 aliphatic rings. The van der Waals surface area contributed by atoms with Crippen molar-refractivity contribution in [1.29, 1.82) is 0 Å². The number of nitrogens with zero attached hydrogens (tertiary/aromatic N) is 1. The van der Waals surface area contributed by atoms with E-state index in [0.29, 0.717) is 18.5 Å². The predicted octanol–water partition coefficient (Wildman–Crippen LogP) is 2.67. The first-order chi connectivity index (χ1) is 9.72. The highest BCUT2D eigenvalue weighted by atomic mass is 16.6. The summed E-state index contributed by atoms with van der Waals surface area (Å²) in [6, 6.07) is 1.37. The Bertz CT molecular complexity index is 538. The molecule has 7 heteroatoms. The number of carboxylic acid groups (broad SMARTS) is 1. The van der Waals surface area contributed by atoms with Gasteiger partial charge in [0.25, 0.3) is 0 Å². The van der Waals surface area contributed by atoms with Gasteiger partial charge in [0.05, 0.1) is 5.54 Å². The first-order valence-corrected chi connectivity index (χ1v) is 6.93. The van der Waals surface area contributed by atoms with E-state index in [2.05, 4.69) is 10.5 Å². The van der Waals surface area contributed by atoms with Gasteiger partial charge in [0.1, 0.15) is 11.3 Å². The van der Waals surface area contributed by atoms with Crippen molar-refractivity contribution in [2.24, 2.45) is 0 Å². The standard InChI is InChI=1S/C14H20N2O5/c1-13(2,3)20-12(19)15-14(6-4-5-7-14)10-8-9(11(17)18)21-16-10/h8H,4-7H2,1-3H3,(H,15,19)(H,17,18). The molecule has 0 saturated heterocycles. The fraction of sp³-hybridized carbons (Fsp3) is 0.643. The monoisotopic (exact) mass is 296 g/mol. The molecule has 0 unspecified atom stereocenters. The summed E-state index contributed by atoms with van der Waals surface area (Å²) >= 11 is 0. The van der Waals surface area contributed by atoms with E-state index in [-0.39, 0.29) is 5.76 Å². The van der Waals surface area contributed by atoms with Crippen LogP contribution in [0, 0.1) is 0 Å². The highest BCUT2D eigenvalue weighted by Crippen LogP contribution is 2.38. The van der Waals surface area contributed by atoms with Gasteiger partial charge in [0.15, 0.2) is 0 Å². The van der Waals surface area contributed by atoms with Crippen LogP contribution >= 0.6 is 0 Å². The summed E-state index contributed by atoms with van der Waals surface area (Å²) in [5.41, 5.74) is -0.873. The number of carboxylic acids is 1. The van der Waals surface area contributed by atoms with Gasteiger partial charge in [-0.05, 0) is 33.6 Å². The van der Waals surface area contributed by atoms with E-state index in [1.807, 2.05) is 0 Å². The normalized spacial score (nSPS) is 17.5. The molecule has 0 radical (unpaired) electrons. The molecular formula is C14H20N2O5. The molecule has 2 rings (SSSR count). The van der Waals surface area contributed by atoms with Crippen LogP contribution in [-0.4, -0.2) is 27.9 Å². The van der Waals surface area contributed by atoms with Crippen molar-refractivity contribution in [2.75, 3.05) is 0 Å². The Balaban J connectivity index is 2.20. The first-order valence-electron chi connectivity index (χ1n) is 6.93. The third-order valence-corrected chi connectivity index (χ3v) is 3.41. The summed E-state index contributed by atoms with van der Waals surface area (Å²) in [5.74, 6) is -1.42. The zero-order valence-corrected chi connectivity index (χ0v) is 12.4. The molecular weight excluding hydrogens is 276 g/mol. The molecule has 1 aromatic rings. The molecule has 1 aromatic heterocycles. The summed E-state index contributed by atoms with van der Waals surface area (Å²) in [7, 11) is 0. The fourth-order valence-corrected chi connectivity index (χ4v) is 2.52. The molecule has 1 aliphatic carbocycles. The third-order valence-electron chi connectivity index (χ3n) is 3.41. The largest absolute Gasteiger partial charge is 0.475 e. The van der Waals surface area contributed by atoms with Crippen LogP contribution in [0.2, 0.25) is 0 Å². The molecule has 0 spiro atoms. The highest BCUT2D eigenvalue weighted by Gasteiger charge is 2.41. The molecule has 21 heavy (non-hydrogen) atoms. The second-order valence-electron chi connectivity index (χ2n) is 6.30. The Morgan fingerprint density at radius 2 is 2.00 bits per heavy atom. The number of nitrogens with one attached hydrogen (secondary N) is 1. The molecule has 1 saturated carbocycles. The van der Waals surface area contributed by atoms with Gasteiger partial charge in [-0.3, -0.25) is 0 Å². The maximum Gasteiger partial charge on any atom is 0.408 e. The number of ether oxygens (including phenoxy) is 1. The Morgan fingerprint density at radius 1 is 1.38 bits per heavy atom.